The Kier molecular flexibility index (Phi) is 6.80. The molecule has 1 saturated heterocycles. The van der Waals surface area contributed by atoms with Crippen LogP contribution in [0.25, 0.3) is 11.8 Å². The predicted octanol–water partition coefficient (Wildman–Crippen LogP) is 3.88. The van der Waals surface area contributed by atoms with Crippen molar-refractivity contribution in [1.82, 2.24) is 24.3 Å². The summed E-state index contributed by atoms with van der Waals surface area (Å²) in [5, 5.41) is 0. The quantitative estimate of drug-likeness (QED) is 0.459. The van der Waals surface area contributed by atoms with E-state index in [0.717, 1.165) is 48.6 Å². The summed E-state index contributed by atoms with van der Waals surface area (Å²) in [4.78, 5) is 28.8. The Hall–Kier alpha value is -3.98. The monoisotopic (exact) mass is 502 g/mol. The lowest BCUT2D eigenvalue weighted by Gasteiger charge is -2.40. The van der Waals surface area contributed by atoms with Crippen LogP contribution in [0, 0.1) is 12.7 Å². The minimum absolute atomic E-state index is 0.160. The fraction of sp³-hybridized carbons (Fsp3) is 0.321. The third kappa shape index (κ3) is 4.99. The lowest BCUT2D eigenvalue weighted by molar-refractivity contribution is -0.125. The molecule has 1 atom stereocenters. The van der Waals surface area contributed by atoms with Gasteiger partial charge in [-0.25, -0.2) is 14.4 Å². The summed E-state index contributed by atoms with van der Waals surface area (Å²) in [7, 11) is 5.67. The standard InChI is InChI=1S/C28H31FN6O2/c1-19-17-34(18-30-19)25-10-5-20(16-26(25)37-4)15-23-27(36)35-24(21-6-8-22(29)9-7-21)11-12-33(28(35)31-23)14-13-32(2)3/h5-10,15-18,24H,11-14H2,1-4H3/b23-15-. The molecule has 3 aromatic rings. The Morgan fingerprint density at radius 1 is 1.19 bits per heavy atom. The lowest BCUT2D eigenvalue weighted by Crippen LogP contribution is -2.52. The van der Waals surface area contributed by atoms with Crippen molar-refractivity contribution in [3.05, 3.63) is 83.3 Å². The van der Waals surface area contributed by atoms with Crippen molar-refractivity contribution in [2.75, 3.05) is 40.8 Å². The van der Waals surface area contributed by atoms with Crippen LogP contribution < -0.4 is 4.74 Å². The number of nitrogens with zero attached hydrogens (tertiary/aromatic N) is 6. The molecule has 5 rings (SSSR count). The normalized spacial score (nSPS) is 18.5. The zero-order valence-corrected chi connectivity index (χ0v) is 21.6. The summed E-state index contributed by atoms with van der Waals surface area (Å²) in [5.74, 6) is 0.861. The summed E-state index contributed by atoms with van der Waals surface area (Å²) in [6.45, 7) is 4.29. The molecular weight excluding hydrogens is 471 g/mol. The summed E-state index contributed by atoms with van der Waals surface area (Å²) in [5.41, 5.74) is 3.85. The fourth-order valence-corrected chi connectivity index (χ4v) is 4.77. The first-order valence-corrected chi connectivity index (χ1v) is 12.3. The van der Waals surface area contributed by atoms with Gasteiger partial charge in [0.2, 0.25) is 5.96 Å². The van der Waals surface area contributed by atoms with E-state index in [0.29, 0.717) is 17.4 Å². The number of methoxy groups -OCH3 is 1. The van der Waals surface area contributed by atoms with Crippen LogP contribution in [0.2, 0.25) is 0 Å². The van der Waals surface area contributed by atoms with E-state index in [2.05, 4.69) is 14.8 Å². The number of hydrogen-bond donors (Lipinski definition) is 0. The molecule has 1 unspecified atom stereocenters. The van der Waals surface area contributed by atoms with E-state index in [1.54, 1.807) is 36.5 Å². The molecule has 3 heterocycles. The van der Waals surface area contributed by atoms with Crippen molar-refractivity contribution in [2.45, 2.75) is 19.4 Å². The van der Waals surface area contributed by atoms with Crippen LogP contribution in [0.15, 0.2) is 65.7 Å². The molecule has 0 aliphatic carbocycles. The molecule has 1 fully saturated rings. The second-order valence-corrected chi connectivity index (χ2v) is 9.62. The van der Waals surface area contributed by atoms with Crippen molar-refractivity contribution in [3.8, 4) is 11.4 Å². The zero-order valence-electron chi connectivity index (χ0n) is 21.6. The Balaban J connectivity index is 1.49. The first kappa shape index (κ1) is 24.7. The molecule has 0 saturated carbocycles. The highest BCUT2D eigenvalue weighted by atomic mass is 19.1. The Morgan fingerprint density at radius 3 is 2.65 bits per heavy atom. The van der Waals surface area contributed by atoms with Gasteiger partial charge in [0, 0.05) is 25.8 Å². The van der Waals surface area contributed by atoms with Crippen molar-refractivity contribution < 1.29 is 13.9 Å². The van der Waals surface area contributed by atoms with Gasteiger partial charge >= 0.3 is 0 Å². The molecule has 1 aromatic heterocycles. The van der Waals surface area contributed by atoms with Crippen LogP contribution in [0.4, 0.5) is 4.39 Å². The first-order chi connectivity index (χ1) is 17.8. The minimum Gasteiger partial charge on any atom is -0.495 e. The smallest absolute Gasteiger partial charge is 0.279 e. The molecule has 9 heteroatoms. The number of carbonyl (C=O) groups is 1. The number of rotatable bonds is 7. The van der Waals surface area contributed by atoms with Gasteiger partial charge in [0.05, 0.1) is 30.9 Å². The number of carbonyl (C=O) groups excluding carboxylic acids is 1. The topological polar surface area (TPSA) is 66.2 Å². The average Bonchev–Trinajstić information content (AvgIpc) is 3.46. The number of ether oxygens (including phenoxy) is 1. The van der Waals surface area contributed by atoms with Gasteiger partial charge in [-0.2, -0.15) is 0 Å². The number of hydrogen-bond acceptors (Lipinski definition) is 6. The Bertz CT molecular complexity index is 1360. The van der Waals surface area contributed by atoms with E-state index in [1.165, 1.54) is 12.1 Å². The number of aryl methyl sites for hydroxylation is 1. The van der Waals surface area contributed by atoms with E-state index < -0.39 is 0 Å². The van der Waals surface area contributed by atoms with Crippen LogP contribution in [0.3, 0.4) is 0 Å². The van der Waals surface area contributed by atoms with E-state index in [9.17, 15) is 9.18 Å². The summed E-state index contributed by atoms with van der Waals surface area (Å²) >= 11 is 0. The molecule has 2 aliphatic rings. The van der Waals surface area contributed by atoms with Crippen molar-refractivity contribution >= 4 is 17.9 Å². The van der Waals surface area contributed by atoms with Crippen LogP contribution in [-0.2, 0) is 4.79 Å². The molecule has 37 heavy (non-hydrogen) atoms. The van der Waals surface area contributed by atoms with Gasteiger partial charge in [0.15, 0.2) is 0 Å². The summed E-state index contributed by atoms with van der Waals surface area (Å²) in [6, 6.07) is 12.0. The molecule has 2 aromatic carbocycles. The van der Waals surface area contributed by atoms with Gasteiger partial charge in [-0.1, -0.05) is 18.2 Å². The van der Waals surface area contributed by atoms with Crippen LogP contribution in [-0.4, -0.2) is 77.0 Å². The van der Waals surface area contributed by atoms with Crippen molar-refractivity contribution in [3.63, 3.8) is 0 Å². The highest BCUT2D eigenvalue weighted by Crippen LogP contribution is 2.36. The van der Waals surface area contributed by atoms with Gasteiger partial charge in [0.25, 0.3) is 5.91 Å². The van der Waals surface area contributed by atoms with Crippen molar-refractivity contribution in [1.29, 1.82) is 0 Å². The van der Waals surface area contributed by atoms with Crippen LogP contribution in [0.1, 0.15) is 29.3 Å². The maximum absolute atomic E-state index is 13.7. The molecule has 8 nitrogen and oxygen atoms in total. The number of likely N-dealkylation sites (N-methyl/N-ethyl adjacent to an activating group) is 1. The van der Waals surface area contributed by atoms with E-state index in [4.69, 9.17) is 9.73 Å². The number of fused-ring (bicyclic) bond motifs is 1. The van der Waals surface area contributed by atoms with Gasteiger partial charge < -0.3 is 19.1 Å². The van der Waals surface area contributed by atoms with Gasteiger partial charge in [-0.05, 0) is 68.9 Å². The molecule has 0 bridgehead atoms. The fourth-order valence-electron chi connectivity index (χ4n) is 4.77. The lowest BCUT2D eigenvalue weighted by atomic mass is 9.99. The summed E-state index contributed by atoms with van der Waals surface area (Å²) in [6.07, 6.45) is 6.21. The maximum atomic E-state index is 13.7. The predicted molar refractivity (Wildman–Crippen MR) is 141 cm³/mol. The molecule has 0 spiro atoms. The Morgan fingerprint density at radius 2 is 1.97 bits per heavy atom. The maximum Gasteiger partial charge on any atom is 0.279 e. The molecular formula is C28H31FN6O2. The minimum atomic E-state index is -0.294. The highest BCUT2D eigenvalue weighted by molar-refractivity contribution is 6.14. The van der Waals surface area contributed by atoms with Gasteiger partial charge in [0.1, 0.15) is 17.3 Å². The second-order valence-electron chi connectivity index (χ2n) is 9.62. The van der Waals surface area contributed by atoms with Gasteiger partial charge in [-0.3, -0.25) is 9.69 Å². The number of benzene rings is 2. The number of guanidine groups is 1. The summed E-state index contributed by atoms with van der Waals surface area (Å²) < 4.78 is 21.1. The average molecular weight is 503 g/mol. The molecule has 0 N–H and O–H groups in total. The molecule has 192 valence electrons. The number of halogens is 1. The van der Waals surface area contributed by atoms with Crippen molar-refractivity contribution in [2.24, 2.45) is 4.99 Å². The van der Waals surface area contributed by atoms with Crippen LogP contribution >= 0.6 is 0 Å². The molecule has 2 aliphatic heterocycles. The molecule has 1 amide bonds. The number of amides is 1. The third-order valence-corrected chi connectivity index (χ3v) is 6.71. The first-order valence-electron chi connectivity index (χ1n) is 12.3. The largest absolute Gasteiger partial charge is 0.495 e. The van der Waals surface area contributed by atoms with E-state index in [1.807, 2.05) is 50.0 Å². The van der Waals surface area contributed by atoms with Crippen LogP contribution in [0.5, 0.6) is 5.75 Å². The third-order valence-electron chi connectivity index (χ3n) is 6.71. The zero-order chi connectivity index (χ0) is 26.1. The van der Waals surface area contributed by atoms with Gasteiger partial charge in [-0.15, -0.1) is 0 Å². The SMILES string of the molecule is COc1cc(/C=C2\N=C3N(CCN(C)C)CCC(c4ccc(F)cc4)N3C2=O)ccc1-n1cnc(C)c1. The molecule has 0 radical (unpaired) electrons. The van der Waals surface area contributed by atoms with E-state index in [-0.39, 0.29) is 17.8 Å². The highest BCUT2D eigenvalue weighted by Gasteiger charge is 2.42. The number of imidazole rings is 1. The number of aliphatic imine (C=N–C) groups is 1. The Labute approximate surface area is 216 Å². The van der Waals surface area contributed by atoms with E-state index >= 15 is 0 Å². The second kappa shape index (κ2) is 10.2. The number of aromatic nitrogens is 2.